The molecule has 316 valence electrons. The Morgan fingerprint density at radius 2 is 0.597 bits per heavy atom. The summed E-state index contributed by atoms with van der Waals surface area (Å²) in [5.74, 6) is 0. The molecule has 0 radical (unpaired) electrons. The van der Waals surface area contributed by atoms with Crippen LogP contribution in [0.15, 0.2) is 152 Å². The molecular weight excluding hydrogens is 769 g/mol. The summed E-state index contributed by atoms with van der Waals surface area (Å²) >= 11 is 0. The first-order valence-electron chi connectivity index (χ1n) is 20.7. The summed E-state index contributed by atoms with van der Waals surface area (Å²) in [5, 5.41) is 5.47. The minimum atomic E-state index is 0.777. The van der Waals surface area contributed by atoms with Crippen LogP contribution in [0, 0.1) is 0 Å². The average molecular weight is 830 g/mol. The SMILES string of the molecule is CN(C)c1ccc(C=Nc2c(-n3ccc(=[N+](C)C)cc3)c(-n3ccc(=[N+](C)C)cc3)c(-n3ccc(=[N+](C)C)cc3)c(-n3ccc(=[N+](C)C)cc3)c2-n2ccc(=[N+](C)C)cc2)cc1. The van der Waals surface area contributed by atoms with Crippen LogP contribution in [0.25, 0.3) is 28.4 Å². The second kappa shape index (κ2) is 18.1. The van der Waals surface area contributed by atoms with E-state index in [0.29, 0.717) is 0 Å². The molecule has 12 nitrogen and oxygen atoms in total. The van der Waals surface area contributed by atoms with E-state index in [1.165, 1.54) is 0 Å². The molecule has 62 heavy (non-hydrogen) atoms. The summed E-state index contributed by atoms with van der Waals surface area (Å²) in [6.45, 7) is 0. The van der Waals surface area contributed by atoms with Crippen molar-refractivity contribution in [3.8, 4) is 28.4 Å². The normalized spacial score (nSPS) is 11.2. The Labute approximate surface area is 364 Å². The van der Waals surface area contributed by atoms with Crippen molar-refractivity contribution < 1.29 is 0 Å². The second-order valence-corrected chi connectivity index (χ2v) is 16.6. The van der Waals surface area contributed by atoms with E-state index in [4.69, 9.17) is 4.99 Å². The van der Waals surface area contributed by atoms with Crippen LogP contribution in [0.4, 0.5) is 11.4 Å². The zero-order valence-corrected chi connectivity index (χ0v) is 38.3. The number of hydrogen-bond donors (Lipinski definition) is 0. The van der Waals surface area contributed by atoms with E-state index >= 15 is 0 Å². The van der Waals surface area contributed by atoms with E-state index in [9.17, 15) is 0 Å². The summed E-state index contributed by atoms with van der Waals surface area (Å²) in [5.41, 5.74) is 7.50. The van der Waals surface area contributed by atoms with E-state index in [0.717, 1.165) is 72.2 Å². The summed E-state index contributed by atoms with van der Waals surface area (Å²) in [6, 6.07) is 30.1. The average Bonchev–Trinajstić information content (AvgIpc) is 3.27. The quantitative estimate of drug-likeness (QED) is 0.172. The molecule has 0 aliphatic heterocycles. The van der Waals surface area contributed by atoms with Gasteiger partial charge in [-0.2, -0.15) is 0 Å². The summed E-state index contributed by atoms with van der Waals surface area (Å²) in [7, 11) is 24.8. The fourth-order valence-electron chi connectivity index (χ4n) is 7.34. The van der Waals surface area contributed by atoms with Crippen molar-refractivity contribution in [3.05, 3.63) is 179 Å². The molecule has 5 heterocycles. The van der Waals surface area contributed by atoms with Crippen LogP contribution in [0.3, 0.4) is 0 Å². The molecule has 0 unspecified atom stereocenters. The first-order chi connectivity index (χ1) is 29.7. The van der Waals surface area contributed by atoms with E-state index in [2.05, 4.69) is 282 Å². The Hall–Kier alpha value is -7.34. The number of aromatic nitrogens is 5. The summed E-state index contributed by atoms with van der Waals surface area (Å²) in [6.07, 6.45) is 23.4. The predicted molar refractivity (Wildman–Crippen MR) is 257 cm³/mol. The van der Waals surface area contributed by atoms with Gasteiger partial charge in [0.2, 0.25) is 26.8 Å². The fourth-order valence-corrected chi connectivity index (χ4v) is 7.34. The van der Waals surface area contributed by atoms with Crippen LogP contribution >= 0.6 is 0 Å². The highest BCUT2D eigenvalue weighted by molar-refractivity contribution is 5.94. The number of anilines is 1. The minimum absolute atomic E-state index is 0.777. The third-order valence-corrected chi connectivity index (χ3v) is 11.0. The Bertz CT molecular complexity index is 2940. The number of benzene rings is 2. The molecule has 0 saturated heterocycles. The number of rotatable bonds is 8. The van der Waals surface area contributed by atoms with Gasteiger partial charge in [-0.1, -0.05) is 12.1 Å². The maximum atomic E-state index is 5.59. The first kappa shape index (κ1) is 42.8. The topological polar surface area (TPSA) is 55.3 Å². The maximum absolute atomic E-state index is 5.59. The van der Waals surface area contributed by atoms with E-state index in [1.54, 1.807) is 0 Å². The molecule has 0 aliphatic carbocycles. The lowest BCUT2D eigenvalue weighted by molar-refractivity contribution is 0.796. The van der Waals surface area contributed by atoms with Crippen molar-refractivity contribution in [2.75, 3.05) is 89.5 Å². The van der Waals surface area contributed by atoms with Crippen LogP contribution in [0.1, 0.15) is 5.56 Å². The van der Waals surface area contributed by atoms with E-state index in [1.807, 2.05) is 6.21 Å². The molecule has 0 amide bonds. The molecule has 12 heteroatoms. The van der Waals surface area contributed by atoms with Crippen LogP contribution in [0.5, 0.6) is 0 Å². The van der Waals surface area contributed by atoms with Gasteiger partial charge in [-0.25, -0.2) is 22.9 Å². The second-order valence-electron chi connectivity index (χ2n) is 16.6. The number of nitrogens with zero attached hydrogens (tertiary/aromatic N) is 12. The van der Waals surface area contributed by atoms with Crippen molar-refractivity contribution >= 4 is 17.6 Å². The zero-order chi connectivity index (χ0) is 44.2. The fraction of sp³-hybridized carbons (Fsp3) is 0.240. The monoisotopic (exact) mass is 830 g/mol. The minimum Gasteiger partial charge on any atom is -0.378 e. The molecule has 2 aromatic carbocycles. The lowest BCUT2D eigenvalue weighted by Crippen LogP contribution is -2.25. The van der Waals surface area contributed by atoms with Gasteiger partial charge in [-0.3, -0.25) is 4.99 Å². The highest BCUT2D eigenvalue weighted by atomic mass is 15.1. The molecule has 0 N–H and O–H groups in total. The van der Waals surface area contributed by atoms with Gasteiger partial charge in [0.25, 0.3) is 0 Å². The van der Waals surface area contributed by atoms with Crippen LogP contribution in [0.2, 0.25) is 0 Å². The van der Waals surface area contributed by atoms with Gasteiger partial charge in [0, 0.05) is 149 Å². The van der Waals surface area contributed by atoms with E-state index in [-0.39, 0.29) is 0 Å². The third-order valence-electron chi connectivity index (χ3n) is 11.0. The molecule has 0 fully saturated rings. The molecule has 0 aliphatic rings. The van der Waals surface area contributed by atoms with Crippen molar-refractivity contribution in [1.29, 1.82) is 0 Å². The molecule has 0 bridgehead atoms. The Morgan fingerprint density at radius 3 is 0.839 bits per heavy atom. The van der Waals surface area contributed by atoms with Crippen molar-refractivity contribution in [2.24, 2.45) is 4.99 Å². The number of pyridine rings is 5. The molecule has 7 aromatic rings. The Morgan fingerprint density at radius 1 is 0.355 bits per heavy atom. The molecule has 5 aromatic heterocycles. The lowest BCUT2D eigenvalue weighted by atomic mass is 10.1. The number of hydrogen-bond acceptors (Lipinski definition) is 2. The molecule has 0 saturated carbocycles. The van der Waals surface area contributed by atoms with E-state index < -0.39 is 0 Å². The molecule has 0 spiro atoms. The zero-order valence-electron chi connectivity index (χ0n) is 38.3. The van der Waals surface area contributed by atoms with Gasteiger partial charge in [-0.05, 0) is 17.7 Å². The van der Waals surface area contributed by atoms with Gasteiger partial charge >= 0.3 is 0 Å². The highest BCUT2D eigenvalue weighted by Gasteiger charge is 2.29. The standard InChI is InChI=1S/C50H61N12/c1-52(2)39-15-13-38(14-16-39)37-51-45-46(58-27-17-40(18-28-58)53(3)4)48(60-31-21-42(22-32-60)55(7)8)50(62-35-25-44(26-36-62)57(11)12)49(61-33-23-43(24-34-61)56(9)10)47(45)59-29-19-41(20-30-59)54(5)6/h13-37H,1-12H3/q+5. The van der Waals surface area contributed by atoms with Gasteiger partial charge < -0.3 is 27.7 Å². The van der Waals surface area contributed by atoms with Gasteiger partial charge in [-0.15, -0.1) is 0 Å². The lowest BCUT2D eigenvalue weighted by Gasteiger charge is -2.29. The van der Waals surface area contributed by atoms with Crippen LogP contribution < -0.4 is 54.6 Å². The van der Waals surface area contributed by atoms with Gasteiger partial charge in [0.15, 0.2) is 0 Å². The highest BCUT2D eigenvalue weighted by Crippen LogP contribution is 2.45. The first-order valence-corrected chi connectivity index (χ1v) is 20.7. The van der Waals surface area contributed by atoms with Gasteiger partial charge in [0.1, 0.15) is 76.2 Å². The molecule has 7 rings (SSSR count). The number of aliphatic imine (C=N–C) groups is 1. The van der Waals surface area contributed by atoms with Crippen molar-refractivity contribution in [3.63, 3.8) is 0 Å². The van der Waals surface area contributed by atoms with Gasteiger partial charge in [0.05, 0.1) is 28.4 Å². The Kier molecular flexibility index (Phi) is 12.5. The van der Waals surface area contributed by atoms with Crippen LogP contribution in [-0.2, 0) is 0 Å². The maximum Gasteiger partial charge on any atom is 0.202 e. The molecule has 0 atom stereocenters. The van der Waals surface area contributed by atoms with Crippen LogP contribution in [-0.4, -0.2) is 114 Å². The third kappa shape index (κ3) is 8.90. The predicted octanol–water partition coefficient (Wildman–Crippen LogP) is 2.62. The van der Waals surface area contributed by atoms with Crippen molar-refractivity contribution in [2.45, 2.75) is 0 Å². The Balaban J connectivity index is 1.79. The molecular formula is C50H61N12+5. The largest absolute Gasteiger partial charge is 0.378 e. The van der Waals surface area contributed by atoms with Crippen molar-refractivity contribution in [1.82, 2.24) is 45.7 Å². The smallest absolute Gasteiger partial charge is 0.202 e. The summed E-state index contributed by atoms with van der Waals surface area (Å²) < 4.78 is 21.7. The summed E-state index contributed by atoms with van der Waals surface area (Å²) in [4.78, 5) is 7.70.